The van der Waals surface area contributed by atoms with Crippen molar-refractivity contribution >= 4 is 34.5 Å². The van der Waals surface area contributed by atoms with Crippen LogP contribution in [0.4, 0.5) is 0 Å². The molecule has 3 rings (SSSR count). The number of aryl methyl sites for hydroxylation is 1. The lowest BCUT2D eigenvalue weighted by Crippen LogP contribution is -2.35. The second-order valence-corrected chi connectivity index (χ2v) is 7.30. The van der Waals surface area contributed by atoms with Gasteiger partial charge in [0.2, 0.25) is 0 Å². The Labute approximate surface area is 160 Å². The molecule has 1 N–H and O–H groups in total. The monoisotopic (exact) mass is 453 g/mol. The Kier molecular flexibility index (Phi) is 5.41. The molecule has 2 atom stereocenters. The zero-order chi connectivity index (χ0) is 18.0. The number of rotatable bonds is 4. The van der Waals surface area contributed by atoms with Gasteiger partial charge in [0, 0.05) is 22.2 Å². The molecule has 0 spiro atoms. The summed E-state index contributed by atoms with van der Waals surface area (Å²) in [5, 5.41) is 2.77. The number of nitrogens with zero attached hydrogens (tertiary/aromatic N) is 2. The number of imidazole rings is 1. The summed E-state index contributed by atoms with van der Waals surface area (Å²) >= 11 is 2.14. The molecular weight excluding hydrogens is 433 g/mol. The second-order valence-electron chi connectivity index (χ2n) is 6.14. The highest BCUT2D eigenvalue weighted by atomic mass is 127. The van der Waals surface area contributed by atoms with E-state index in [9.17, 15) is 9.59 Å². The number of hydrogen-bond donors (Lipinski definition) is 1. The van der Waals surface area contributed by atoms with Gasteiger partial charge in [0.1, 0.15) is 11.5 Å². The molecule has 0 bridgehead atoms. The minimum Gasteiger partial charge on any atom is -0.467 e. The van der Waals surface area contributed by atoms with Gasteiger partial charge in [-0.3, -0.25) is 4.79 Å². The first-order valence-corrected chi connectivity index (χ1v) is 9.30. The number of nitrogens with one attached hydrogen (secondary N) is 1. The van der Waals surface area contributed by atoms with Gasteiger partial charge < -0.3 is 14.6 Å². The molecule has 25 heavy (non-hydrogen) atoms. The van der Waals surface area contributed by atoms with Gasteiger partial charge in [-0.1, -0.05) is 18.2 Å². The molecule has 1 aromatic heterocycles. The van der Waals surface area contributed by atoms with Gasteiger partial charge in [-0.05, 0) is 54.0 Å². The van der Waals surface area contributed by atoms with Crippen molar-refractivity contribution in [2.24, 2.45) is 0 Å². The minimum atomic E-state index is -0.859. The first-order valence-electron chi connectivity index (χ1n) is 8.22. The smallest absolute Gasteiger partial charge is 0.333 e. The van der Waals surface area contributed by atoms with Crippen LogP contribution in [0.25, 0.3) is 0 Å². The number of ether oxygens (including phenoxy) is 1. The molecule has 1 aromatic carbocycles. The van der Waals surface area contributed by atoms with Crippen LogP contribution in [-0.4, -0.2) is 28.5 Å². The highest BCUT2D eigenvalue weighted by Gasteiger charge is 2.28. The molecule has 2 heterocycles. The molecular formula is C18H20IN3O3. The fourth-order valence-electron chi connectivity index (χ4n) is 3.10. The van der Waals surface area contributed by atoms with E-state index in [1.807, 2.05) is 24.3 Å². The maximum absolute atomic E-state index is 12.7. The summed E-state index contributed by atoms with van der Waals surface area (Å²) in [4.78, 5) is 29.4. The van der Waals surface area contributed by atoms with Crippen molar-refractivity contribution in [3.8, 4) is 0 Å². The Balaban J connectivity index is 1.86. The summed E-state index contributed by atoms with van der Waals surface area (Å²) in [7, 11) is 1.31. The summed E-state index contributed by atoms with van der Waals surface area (Å²) in [5.74, 6) is 0.0479. The Morgan fingerprint density at radius 3 is 2.84 bits per heavy atom. The number of aromatic nitrogens is 2. The van der Waals surface area contributed by atoms with Crippen molar-refractivity contribution in [1.82, 2.24) is 14.9 Å². The van der Waals surface area contributed by atoms with Crippen LogP contribution < -0.4 is 5.32 Å². The van der Waals surface area contributed by atoms with E-state index in [-0.39, 0.29) is 5.91 Å². The average Bonchev–Trinajstić information content (AvgIpc) is 3.05. The maximum Gasteiger partial charge on any atom is 0.333 e. The molecule has 0 aliphatic carbocycles. The van der Waals surface area contributed by atoms with Gasteiger partial charge in [-0.25, -0.2) is 9.78 Å². The summed E-state index contributed by atoms with van der Waals surface area (Å²) < 4.78 is 7.81. The van der Waals surface area contributed by atoms with Crippen molar-refractivity contribution in [2.45, 2.75) is 38.3 Å². The topological polar surface area (TPSA) is 73.2 Å². The molecule has 6 nitrogen and oxygen atoms in total. The van der Waals surface area contributed by atoms with E-state index < -0.39 is 12.0 Å². The van der Waals surface area contributed by atoms with Gasteiger partial charge in [0.05, 0.1) is 7.11 Å². The molecule has 0 radical (unpaired) electrons. The number of carbonyl (C=O) groups excluding carboxylic acids is 2. The predicted molar refractivity (Wildman–Crippen MR) is 101 cm³/mol. The Morgan fingerprint density at radius 1 is 1.40 bits per heavy atom. The number of fused-ring (bicyclic) bond motifs is 1. The van der Waals surface area contributed by atoms with E-state index >= 15 is 0 Å². The molecule has 7 heteroatoms. The zero-order valence-electron chi connectivity index (χ0n) is 14.2. The number of carbonyl (C=O) groups is 2. The van der Waals surface area contributed by atoms with Gasteiger partial charge in [-0.2, -0.15) is 0 Å². The number of esters is 1. The minimum absolute atomic E-state index is 0.337. The number of methoxy groups -OCH3 is 1. The molecule has 2 unspecified atom stereocenters. The predicted octanol–water partition coefficient (Wildman–Crippen LogP) is 3.03. The largest absolute Gasteiger partial charge is 0.467 e. The normalized spacial score (nSPS) is 17.5. The lowest BCUT2D eigenvalue weighted by Gasteiger charge is -2.20. The third-order valence-corrected chi connectivity index (χ3v) is 5.45. The van der Waals surface area contributed by atoms with Crippen LogP contribution in [0.2, 0.25) is 0 Å². The number of amides is 1. The van der Waals surface area contributed by atoms with Gasteiger partial charge in [0.15, 0.2) is 6.04 Å². The molecule has 1 aliphatic heterocycles. The molecule has 0 saturated heterocycles. The quantitative estimate of drug-likeness (QED) is 0.571. The van der Waals surface area contributed by atoms with Crippen LogP contribution in [0, 0.1) is 3.57 Å². The van der Waals surface area contributed by atoms with Crippen LogP contribution in [0.15, 0.2) is 30.5 Å². The van der Waals surface area contributed by atoms with Crippen molar-refractivity contribution < 1.29 is 14.3 Å². The highest BCUT2D eigenvalue weighted by Crippen LogP contribution is 2.25. The molecule has 132 valence electrons. The summed E-state index contributed by atoms with van der Waals surface area (Å²) in [6.07, 6.45) is 4.80. The van der Waals surface area contributed by atoms with Crippen LogP contribution in [-0.2, 0) is 16.0 Å². The Morgan fingerprint density at radius 2 is 2.16 bits per heavy atom. The Bertz CT molecular complexity index is 803. The molecule has 0 saturated carbocycles. The van der Waals surface area contributed by atoms with E-state index in [1.54, 1.807) is 6.20 Å². The zero-order valence-corrected chi connectivity index (χ0v) is 16.3. The van der Waals surface area contributed by atoms with E-state index in [1.165, 1.54) is 7.11 Å². The van der Waals surface area contributed by atoms with E-state index in [0.717, 1.165) is 28.7 Å². The molecule has 2 aromatic rings. The third-order valence-electron chi connectivity index (χ3n) is 4.47. The van der Waals surface area contributed by atoms with Crippen molar-refractivity contribution in [3.63, 3.8) is 0 Å². The molecule has 1 aliphatic rings. The van der Waals surface area contributed by atoms with Crippen LogP contribution >= 0.6 is 22.6 Å². The fourth-order valence-corrected chi connectivity index (χ4v) is 3.80. The van der Waals surface area contributed by atoms with E-state index in [0.29, 0.717) is 17.3 Å². The van der Waals surface area contributed by atoms with Gasteiger partial charge in [-0.15, -0.1) is 0 Å². The maximum atomic E-state index is 12.7. The Hall–Kier alpha value is -1.90. The first kappa shape index (κ1) is 17.9. The summed E-state index contributed by atoms with van der Waals surface area (Å²) in [5.41, 5.74) is 1.05. The van der Waals surface area contributed by atoms with Gasteiger partial charge in [0.25, 0.3) is 5.91 Å². The van der Waals surface area contributed by atoms with Crippen molar-refractivity contribution in [3.05, 3.63) is 51.1 Å². The average molecular weight is 453 g/mol. The number of benzene rings is 1. The lowest BCUT2D eigenvalue weighted by molar-refractivity contribution is -0.143. The lowest BCUT2D eigenvalue weighted by atomic mass is 10.1. The second kappa shape index (κ2) is 7.55. The van der Waals surface area contributed by atoms with Gasteiger partial charge >= 0.3 is 5.97 Å². The SMILES string of the molecule is COC(=O)C(NC(=O)c1cn2c(n1)CCCC2C)c1ccccc1I. The van der Waals surface area contributed by atoms with E-state index in [2.05, 4.69) is 44.4 Å². The summed E-state index contributed by atoms with van der Waals surface area (Å²) in [6, 6.07) is 6.88. The van der Waals surface area contributed by atoms with Crippen molar-refractivity contribution in [2.75, 3.05) is 7.11 Å². The fraction of sp³-hybridized carbons (Fsp3) is 0.389. The van der Waals surface area contributed by atoms with E-state index in [4.69, 9.17) is 4.74 Å². The molecule has 0 fully saturated rings. The standard InChI is InChI=1S/C18H20IN3O3/c1-11-6-5-9-15-20-14(10-22(11)15)17(23)21-16(18(24)25-2)12-7-3-4-8-13(12)19/h3-4,7-8,10-11,16H,5-6,9H2,1-2H3,(H,21,23). The van der Waals surface area contributed by atoms with Crippen LogP contribution in [0.3, 0.4) is 0 Å². The van der Waals surface area contributed by atoms with Crippen molar-refractivity contribution in [1.29, 1.82) is 0 Å². The first-order chi connectivity index (χ1) is 12.0. The number of halogens is 1. The highest BCUT2D eigenvalue weighted by molar-refractivity contribution is 14.1. The third kappa shape index (κ3) is 3.70. The summed E-state index contributed by atoms with van der Waals surface area (Å²) in [6.45, 7) is 2.12. The van der Waals surface area contributed by atoms with Crippen LogP contribution in [0.5, 0.6) is 0 Å². The number of hydrogen-bond acceptors (Lipinski definition) is 4. The molecule has 1 amide bonds. The van der Waals surface area contributed by atoms with Crippen LogP contribution in [0.1, 0.15) is 53.7 Å².